The van der Waals surface area contributed by atoms with Crippen molar-refractivity contribution in [2.24, 2.45) is 5.92 Å². The first-order chi connectivity index (χ1) is 5.27. The number of allylic oxidation sites excluding steroid dienone is 3. The van der Waals surface area contributed by atoms with Crippen LogP contribution in [0.5, 0.6) is 0 Å². The summed E-state index contributed by atoms with van der Waals surface area (Å²) in [4.78, 5) is 0. The van der Waals surface area contributed by atoms with Gasteiger partial charge in [-0.3, -0.25) is 0 Å². The van der Waals surface area contributed by atoms with Crippen molar-refractivity contribution in [1.29, 1.82) is 0 Å². The summed E-state index contributed by atoms with van der Waals surface area (Å²) in [5.41, 5.74) is 3.07. The van der Waals surface area contributed by atoms with Crippen LogP contribution in [-0.4, -0.2) is 0 Å². The van der Waals surface area contributed by atoms with Crippen molar-refractivity contribution >= 4 is 0 Å². The van der Waals surface area contributed by atoms with E-state index in [-0.39, 0.29) is 0 Å². The first-order valence-corrected chi connectivity index (χ1v) is 4.65. The fraction of sp³-hybridized carbons (Fsp3) is 0.636. The molecule has 0 heterocycles. The molecule has 0 radical (unpaired) electrons. The molecule has 0 bridgehead atoms. The molecule has 0 spiro atoms. The predicted molar refractivity (Wildman–Crippen MR) is 50.5 cm³/mol. The molecule has 0 heteroatoms. The van der Waals surface area contributed by atoms with E-state index in [1.165, 1.54) is 24.8 Å². The number of hydrogen-bond acceptors (Lipinski definition) is 0. The third-order valence-electron chi connectivity index (χ3n) is 2.33. The molecule has 62 valence electrons. The van der Waals surface area contributed by atoms with Gasteiger partial charge in [0, 0.05) is 5.92 Å². The summed E-state index contributed by atoms with van der Waals surface area (Å²) in [6, 6.07) is 0. The van der Waals surface area contributed by atoms with Gasteiger partial charge in [0.25, 0.3) is 0 Å². The summed E-state index contributed by atoms with van der Waals surface area (Å²) in [5, 5.41) is 0. The lowest BCUT2D eigenvalue weighted by molar-refractivity contribution is 0.780. The van der Waals surface area contributed by atoms with Gasteiger partial charge in [-0.05, 0) is 19.3 Å². The van der Waals surface area contributed by atoms with Crippen molar-refractivity contribution in [3.8, 4) is 0 Å². The summed E-state index contributed by atoms with van der Waals surface area (Å²) >= 11 is 0. The summed E-state index contributed by atoms with van der Waals surface area (Å²) in [5.74, 6) is 0.808. The van der Waals surface area contributed by atoms with Crippen LogP contribution in [0.2, 0.25) is 0 Å². The van der Waals surface area contributed by atoms with E-state index in [1.54, 1.807) is 5.57 Å². The molecule has 0 aliphatic heterocycles. The highest BCUT2D eigenvalue weighted by Crippen LogP contribution is 2.37. The highest BCUT2D eigenvalue weighted by atomic mass is 14.3. The molecular weight excluding hydrogens is 132 g/mol. The van der Waals surface area contributed by atoms with E-state index in [0.717, 1.165) is 12.3 Å². The molecule has 1 aliphatic carbocycles. The Morgan fingerprint density at radius 3 is 2.82 bits per heavy atom. The quantitative estimate of drug-likeness (QED) is 0.524. The second-order valence-electron chi connectivity index (χ2n) is 3.41. The minimum Gasteiger partial charge on any atom is -0.0998 e. The average molecular weight is 150 g/mol. The SMILES string of the molecule is C=C(CC)CC1C=C1CCC. The van der Waals surface area contributed by atoms with Gasteiger partial charge in [0.2, 0.25) is 0 Å². The van der Waals surface area contributed by atoms with Gasteiger partial charge in [0.05, 0.1) is 0 Å². The second-order valence-corrected chi connectivity index (χ2v) is 3.41. The van der Waals surface area contributed by atoms with Crippen LogP contribution < -0.4 is 0 Å². The molecule has 0 aromatic carbocycles. The standard InChI is InChI=1S/C11H18/c1-4-6-10-8-11(10)7-9(3)5-2/h8,11H,3-7H2,1-2H3. The van der Waals surface area contributed by atoms with Crippen molar-refractivity contribution in [3.63, 3.8) is 0 Å². The molecule has 0 N–H and O–H groups in total. The Morgan fingerprint density at radius 1 is 1.55 bits per heavy atom. The van der Waals surface area contributed by atoms with Gasteiger partial charge < -0.3 is 0 Å². The maximum absolute atomic E-state index is 4.01. The van der Waals surface area contributed by atoms with Crippen molar-refractivity contribution in [2.75, 3.05) is 0 Å². The number of hydrogen-bond donors (Lipinski definition) is 0. The Morgan fingerprint density at radius 2 is 2.27 bits per heavy atom. The van der Waals surface area contributed by atoms with Crippen LogP contribution in [-0.2, 0) is 0 Å². The zero-order valence-corrected chi connectivity index (χ0v) is 7.69. The van der Waals surface area contributed by atoms with Crippen molar-refractivity contribution in [2.45, 2.75) is 39.5 Å². The normalized spacial score (nSPS) is 21.3. The number of rotatable bonds is 5. The molecule has 0 aromatic heterocycles. The van der Waals surface area contributed by atoms with Crippen molar-refractivity contribution in [1.82, 2.24) is 0 Å². The molecule has 0 saturated carbocycles. The third kappa shape index (κ3) is 2.53. The third-order valence-corrected chi connectivity index (χ3v) is 2.33. The Labute approximate surface area is 70.0 Å². The molecule has 1 aliphatic rings. The smallest absolute Gasteiger partial charge is 0.00169 e. The van der Waals surface area contributed by atoms with Gasteiger partial charge in [-0.1, -0.05) is 44.1 Å². The minimum absolute atomic E-state index is 0.808. The van der Waals surface area contributed by atoms with Crippen LogP contribution in [0, 0.1) is 5.92 Å². The van der Waals surface area contributed by atoms with Gasteiger partial charge in [0.15, 0.2) is 0 Å². The van der Waals surface area contributed by atoms with E-state index >= 15 is 0 Å². The van der Waals surface area contributed by atoms with Crippen LogP contribution in [0.3, 0.4) is 0 Å². The van der Waals surface area contributed by atoms with Gasteiger partial charge in [-0.25, -0.2) is 0 Å². The molecule has 0 fully saturated rings. The summed E-state index contributed by atoms with van der Waals surface area (Å²) in [6.07, 6.45) is 7.35. The van der Waals surface area contributed by atoms with Crippen LogP contribution in [0.1, 0.15) is 39.5 Å². The first-order valence-electron chi connectivity index (χ1n) is 4.65. The lowest BCUT2D eigenvalue weighted by atomic mass is 10.0. The fourth-order valence-electron chi connectivity index (χ4n) is 1.41. The molecule has 1 atom stereocenters. The summed E-state index contributed by atoms with van der Waals surface area (Å²) < 4.78 is 0. The van der Waals surface area contributed by atoms with E-state index in [2.05, 4.69) is 26.5 Å². The van der Waals surface area contributed by atoms with Crippen molar-refractivity contribution in [3.05, 3.63) is 23.8 Å². The average Bonchev–Trinajstić information content (AvgIpc) is 2.69. The topological polar surface area (TPSA) is 0 Å². The van der Waals surface area contributed by atoms with Crippen LogP contribution in [0.4, 0.5) is 0 Å². The zero-order valence-electron chi connectivity index (χ0n) is 7.69. The van der Waals surface area contributed by atoms with Gasteiger partial charge in [-0.15, -0.1) is 0 Å². The molecule has 1 unspecified atom stereocenters. The van der Waals surface area contributed by atoms with E-state index in [1.807, 2.05) is 0 Å². The Hall–Kier alpha value is -0.520. The highest BCUT2D eigenvalue weighted by Gasteiger charge is 2.22. The molecule has 1 rings (SSSR count). The van der Waals surface area contributed by atoms with Crippen LogP contribution >= 0.6 is 0 Å². The monoisotopic (exact) mass is 150 g/mol. The maximum Gasteiger partial charge on any atom is 0.00169 e. The Balaban J connectivity index is 2.11. The lowest BCUT2D eigenvalue weighted by Gasteiger charge is -2.00. The maximum atomic E-state index is 4.01. The van der Waals surface area contributed by atoms with Crippen molar-refractivity contribution < 1.29 is 0 Å². The van der Waals surface area contributed by atoms with E-state index in [0.29, 0.717) is 0 Å². The van der Waals surface area contributed by atoms with E-state index < -0.39 is 0 Å². The summed E-state index contributed by atoms with van der Waals surface area (Å²) in [6.45, 7) is 8.44. The van der Waals surface area contributed by atoms with Gasteiger partial charge >= 0.3 is 0 Å². The molecule has 11 heavy (non-hydrogen) atoms. The van der Waals surface area contributed by atoms with E-state index in [9.17, 15) is 0 Å². The summed E-state index contributed by atoms with van der Waals surface area (Å²) in [7, 11) is 0. The molecule has 0 nitrogen and oxygen atoms in total. The fourth-order valence-corrected chi connectivity index (χ4v) is 1.41. The second kappa shape index (κ2) is 3.75. The van der Waals surface area contributed by atoms with Gasteiger partial charge in [-0.2, -0.15) is 0 Å². The van der Waals surface area contributed by atoms with Crippen LogP contribution in [0.25, 0.3) is 0 Å². The highest BCUT2D eigenvalue weighted by molar-refractivity contribution is 5.31. The lowest BCUT2D eigenvalue weighted by Crippen LogP contribution is -1.85. The molecule has 0 amide bonds. The largest absolute Gasteiger partial charge is 0.0998 e. The Kier molecular flexibility index (Phi) is 2.92. The predicted octanol–water partition coefficient (Wildman–Crippen LogP) is 3.70. The van der Waals surface area contributed by atoms with E-state index in [4.69, 9.17) is 0 Å². The van der Waals surface area contributed by atoms with Crippen LogP contribution in [0.15, 0.2) is 23.8 Å². The molecular formula is C11H18. The zero-order chi connectivity index (χ0) is 8.27. The first kappa shape index (κ1) is 8.58. The minimum atomic E-state index is 0.808. The molecule has 0 aromatic rings. The molecule has 0 saturated heterocycles. The Bertz CT molecular complexity index is 174. The van der Waals surface area contributed by atoms with Gasteiger partial charge in [0.1, 0.15) is 0 Å².